The minimum atomic E-state index is -0.612. The van der Waals surface area contributed by atoms with Crippen LogP contribution in [-0.2, 0) is 12.0 Å². The second-order valence-corrected chi connectivity index (χ2v) is 4.98. The number of nitrogens with zero attached hydrogens (tertiary/aromatic N) is 2. The highest BCUT2D eigenvalue weighted by molar-refractivity contribution is 5.44. The van der Waals surface area contributed by atoms with Gasteiger partial charge in [0.2, 0.25) is 0 Å². The summed E-state index contributed by atoms with van der Waals surface area (Å²) in [5, 5.41) is 13.0. The maximum atomic E-state index is 13.8. The van der Waals surface area contributed by atoms with Crippen molar-refractivity contribution in [3.8, 4) is 6.07 Å². The van der Waals surface area contributed by atoms with Crippen molar-refractivity contribution < 1.29 is 4.39 Å². The molecular formula is C14H16FN3. The Morgan fingerprint density at radius 1 is 1.33 bits per heavy atom. The van der Waals surface area contributed by atoms with Gasteiger partial charge < -0.3 is 5.32 Å². The fourth-order valence-corrected chi connectivity index (χ4v) is 3.20. The van der Waals surface area contributed by atoms with Gasteiger partial charge in [-0.25, -0.2) is 4.39 Å². The van der Waals surface area contributed by atoms with Crippen molar-refractivity contribution in [2.75, 3.05) is 26.2 Å². The average molecular weight is 245 g/mol. The van der Waals surface area contributed by atoms with Crippen LogP contribution in [0.5, 0.6) is 0 Å². The maximum Gasteiger partial charge on any atom is 0.135 e. The number of nitrogens with one attached hydrogen (secondary N) is 1. The third kappa shape index (κ3) is 1.55. The van der Waals surface area contributed by atoms with Gasteiger partial charge >= 0.3 is 0 Å². The quantitative estimate of drug-likeness (QED) is 0.812. The molecule has 1 fully saturated rings. The van der Waals surface area contributed by atoms with E-state index in [1.807, 2.05) is 6.07 Å². The van der Waals surface area contributed by atoms with Crippen LogP contribution < -0.4 is 5.32 Å². The Bertz CT molecular complexity index is 502. The van der Waals surface area contributed by atoms with E-state index in [0.29, 0.717) is 12.8 Å². The summed E-state index contributed by atoms with van der Waals surface area (Å²) < 4.78 is 13.8. The Balaban J connectivity index is 2.05. The highest BCUT2D eigenvalue weighted by Gasteiger charge is 2.45. The number of hydrogen-bond donors (Lipinski definition) is 1. The monoisotopic (exact) mass is 245 g/mol. The van der Waals surface area contributed by atoms with Crippen molar-refractivity contribution in [2.24, 2.45) is 0 Å². The van der Waals surface area contributed by atoms with Crippen molar-refractivity contribution >= 4 is 0 Å². The molecule has 4 heteroatoms. The molecule has 1 heterocycles. The van der Waals surface area contributed by atoms with Crippen LogP contribution in [0.15, 0.2) is 18.2 Å². The van der Waals surface area contributed by atoms with E-state index in [1.54, 1.807) is 6.07 Å². The molecule has 3 rings (SSSR count). The van der Waals surface area contributed by atoms with Gasteiger partial charge in [-0.2, -0.15) is 5.26 Å². The molecule has 0 saturated carbocycles. The van der Waals surface area contributed by atoms with Gasteiger partial charge in [0.15, 0.2) is 0 Å². The molecule has 0 spiro atoms. The number of hydrogen-bond acceptors (Lipinski definition) is 3. The summed E-state index contributed by atoms with van der Waals surface area (Å²) >= 11 is 0. The largest absolute Gasteiger partial charge is 0.314 e. The third-order valence-electron chi connectivity index (χ3n) is 4.14. The third-order valence-corrected chi connectivity index (χ3v) is 4.14. The molecule has 1 atom stereocenters. The first-order valence-electron chi connectivity index (χ1n) is 6.43. The summed E-state index contributed by atoms with van der Waals surface area (Å²) in [5.41, 5.74) is 1.00. The molecule has 94 valence electrons. The predicted molar refractivity (Wildman–Crippen MR) is 66.5 cm³/mol. The molecule has 3 nitrogen and oxygen atoms in total. The zero-order valence-corrected chi connectivity index (χ0v) is 10.2. The molecule has 1 saturated heterocycles. The zero-order chi connectivity index (χ0) is 12.6. The first kappa shape index (κ1) is 11.6. The molecule has 18 heavy (non-hydrogen) atoms. The van der Waals surface area contributed by atoms with Crippen LogP contribution in [0.2, 0.25) is 0 Å². The molecule has 1 aliphatic heterocycles. The number of rotatable bonds is 1. The summed E-state index contributed by atoms with van der Waals surface area (Å²) in [6, 6.07) is 7.58. The maximum absolute atomic E-state index is 13.8. The molecule has 1 aromatic rings. The number of piperazine rings is 1. The van der Waals surface area contributed by atoms with Gasteiger partial charge in [0, 0.05) is 26.2 Å². The average Bonchev–Trinajstić information content (AvgIpc) is 2.81. The molecule has 1 unspecified atom stereocenters. The van der Waals surface area contributed by atoms with E-state index in [4.69, 9.17) is 0 Å². The first-order chi connectivity index (χ1) is 8.78. The van der Waals surface area contributed by atoms with Gasteiger partial charge in [-0.15, -0.1) is 0 Å². The highest BCUT2D eigenvalue weighted by atomic mass is 19.1. The van der Waals surface area contributed by atoms with Crippen molar-refractivity contribution in [3.05, 3.63) is 35.1 Å². The number of benzene rings is 1. The lowest BCUT2D eigenvalue weighted by Gasteiger charge is -2.39. The molecule has 0 bridgehead atoms. The molecule has 1 aromatic carbocycles. The second-order valence-electron chi connectivity index (χ2n) is 4.98. The topological polar surface area (TPSA) is 39.1 Å². The van der Waals surface area contributed by atoms with E-state index in [1.165, 1.54) is 6.07 Å². The molecule has 1 aliphatic carbocycles. The summed E-state index contributed by atoms with van der Waals surface area (Å²) in [7, 11) is 0. The van der Waals surface area contributed by atoms with Crippen molar-refractivity contribution in [3.63, 3.8) is 0 Å². The standard InChI is InChI=1S/C14H16FN3/c15-13-3-1-2-12-11(13)4-5-14(12,10-16)18-8-6-17-7-9-18/h1-3,17H,4-9H2. The first-order valence-corrected chi connectivity index (χ1v) is 6.43. The van der Waals surface area contributed by atoms with Gasteiger partial charge in [-0.1, -0.05) is 12.1 Å². The number of nitriles is 1. The Morgan fingerprint density at radius 3 is 2.83 bits per heavy atom. The molecule has 0 amide bonds. The Hall–Kier alpha value is -1.44. The second kappa shape index (κ2) is 4.34. The van der Waals surface area contributed by atoms with E-state index < -0.39 is 5.54 Å². The highest BCUT2D eigenvalue weighted by Crippen LogP contribution is 2.42. The normalized spacial score (nSPS) is 27.8. The Kier molecular flexibility index (Phi) is 2.81. The molecule has 0 radical (unpaired) electrons. The predicted octanol–water partition coefficient (Wildman–Crippen LogP) is 1.40. The van der Waals surface area contributed by atoms with Gasteiger partial charge in [-0.05, 0) is 30.0 Å². The van der Waals surface area contributed by atoms with Crippen molar-refractivity contribution in [1.29, 1.82) is 5.26 Å². The minimum Gasteiger partial charge on any atom is -0.314 e. The van der Waals surface area contributed by atoms with Crippen molar-refractivity contribution in [2.45, 2.75) is 18.4 Å². The van der Waals surface area contributed by atoms with E-state index in [-0.39, 0.29) is 5.82 Å². The lowest BCUT2D eigenvalue weighted by Crippen LogP contribution is -2.53. The van der Waals surface area contributed by atoms with Crippen LogP contribution in [0.3, 0.4) is 0 Å². The van der Waals surface area contributed by atoms with Crippen LogP contribution in [0, 0.1) is 17.1 Å². The van der Waals surface area contributed by atoms with E-state index in [9.17, 15) is 9.65 Å². The van der Waals surface area contributed by atoms with Crippen molar-refractivity contribution in [1.82, 2.24) is 10.2 Å². The fourth-order valence-electron chi connectivity index (χ4n) is 3.20. The lowest BCUT2D eigenvalue weighted by atomic mass is 9.90. The van der Waals surface area contributed by atoms with Crippen LogP contribution in [-0.4, -0.2) is 31.1 Å². The van der Waals surface area contributed by atoms with Crippen LogP contribution in [0.4, 0.5) is 4.39 Å². The Labute approximate surface area is 106 Å². The molecule has 0 aromatic heterocycles. The number of halogens is 1. The smallest absolute Gasteiger partial charge is 0.135 e. The summed E-state index contributed by atoms with van der Waals surface area (Å²) in [6.45, 7) is 3.50. The van der Waals surface area contributed by atoms with Crippen LogP contribution >= 0.6 is 0 Å². The number of fused-ring (bicyclic) bond motifs is 1. The minimum absolute atomic E-state index is 0.167. The molecular weight excluding hydrogens is 229 g/mol. The zero-order valence-electron chi connectivity index (χ0n) is 10.2. The Morgan fingerprint density at radius 2 is 2.11 bits per heavy atom. The van der Waals surface area contributed by atoms with Crippen LogP contribution in [0.25, 0.3) is 0 Å². The van der Waals surface area contributed by atoms with E-state index >= 15 is 0 Å². The van der Waals surface area contributed by atoms with Gasteiger partial charge in [0.1, 0.15) is 11.4 Å². The van der Waals surface area contributed by atoms with E-state index in [2.05, 4.69) is 16.3 Å². The SMILES string of the molecule is N#CC1(N2CCNCC2)CCc2c(F)cccc21. The van der Waals surface area contributed by atoms with Gasteiger partial charge in [0.25, 0.3) is 0 Å². The molecule has 1 N–H and O–H groups in total. The molecule has 2 aliphatic rings. The van der Waals surface area contributed by atoms with Gasteiger partial charge in [0.05, 0.1) is 6.07 Å². The van der Waals surface area contributed by atoms with Gasteiger partial charge in [-0.3, -0.25) is 4.90 Å². The fraction of sp³-hybridized carbons (Fsp3) is 0.500. The van der Waals surface area contributed by atoms with E-state index in [0.717, 1.165) is 37.3 Å². The van der Waals surface area contributed by atoms with Crippen LogP contribution in [0.1, 0.15) is 17.5 Å². The summed E-state index contributed by atoms with van der Waals surface area (Å²) in [4.78, 5) is 2.20. The summed E-state index contributed by atoms with van der Waals surface area (Å²) in [6.07, 6.45) is 1.37. The summed E-state index contributed by atoms with van der Waals surface area (Å²) in [5.74, 6) is -0.167. The lowest BCUT2D eigenvalue weighted by molar-refractivity contribution is 0.118.